The lowest BCUT2D eigenvalue weighted by molar-refractivity contribution is 0.171. The molecule has 27 heavy (non-hydrogen) atoms. The standard InChI is InChI=1S/C21H27N3O3/c1-23(2)15-18-7-5-4-6-17(18)13-22-21(25)24(3)14-16-8-9-19-20(12-16)27-11-10-26-19/h4-9,12H,10-11,13-15H2,1-3H3,(H,22,25). The van der Waals surface area contributed by atoms with E-state index in [0.29, 0.717) is 26.3 Å². The third-order valence-electron chi connectivity index (χ3n) is 4.41. The van der Waals surface area contributed by atoms with Crippen LogP contribution in [0.15, 0.2) is 42.5 Å². The molecule has 0 fully saturated rings. The average molecular weight is 369 g/mol. The van der Waals surface area contributed by atoms with Gasteiger partial charge in [-0.15, -0.1) is 0 Å². The molecule has 1 aliphatic rings. The molecule has 1 heterocycles. The van der Waals surface area contributed by atoms with Crippen LogP contribution in [-0.4, -0.2) is 50.2 Å². The van der Waals surface area contributed by atoms with Gasteiger partial charge in [0.05, 0.1) is 0 Å². The Balaban J connectivity index is 1.57. The Kier molecular flexibility index (Phi) is 6.19. The van der Waals surface area contributed by atoms with E-state index in [4.69, 9.17) is 9.47 Å². The van der Waals surface area contributed by atoms with Crippen LogP contribution in [0.5, 0.6) is 11.5 Å². The lowest BCUT2D eigenvalue weighted by Crippen LogP contribution is -2.36. The number of carbonyl (C=O) groups excluding carboxylic acids is 1. The van der Waals surface area contributed by atoms with Crippen LogP contribution in [0.25, 0.3) is 0 Å². The molecule has 3 rings (SSSR count). The zero-order valence-corrected chi connectivity index (χ0v) is 16.2. The van der Waals surface area contributed by atoms with E-state index < -0.39 is 0 Å². The quantitative estimate of drug-likeness (QED) is 0.851. The van der Waals surface area contributed by atoms with Gasteiger partial charge in [0.1, 0.15) is 13.2 Å². The van der Waals surface area contributed by atoms with Gasteiger partial charge in [0, 0.05) is 26.7 Å². The third kappa shape index (κ3) is 5.14. The topological polar surface area (TPSA) is 54.0 Å². The number of benzene rings is 2. The van der Waals surface area contributed by atoms with Crippen LogP contribution < -0.4 is 14.8 Å². The molecule has 2 amide bonds. The fraction of sp³-hybridized carbons (Fsp3) is 0.381. The van der Waals surface area contributed by atoms with Crippen molar-refractivity contribution in [2.75, 3.05) is 34.4 Å². The van der Waals surface area contributed by atoms with Crippen molar-refractivity contribution in [2.24, 2.45) is 0 Å². The zero-order valence-electron chi connectivity index (χ0n) is 16.2. The minimum atomic E-state index is -0.107. The summed E-state index contributed by atoms with van der Waals surface area (Å²) < 4.78 is 11.1. The number of hydrogen-bond donors (Lipinski definition) is 1. The Hall–Kier alpha value is -2.73. The lowest BCUT2D eigenvalue weighted by Gasteiger charge is -2.22. The van der Waals surface area contributed by atoms with Gasteiger partial charge in [-0.1, -0.05) is 30.3 Å². The van der Waals surface area contributed by atoms with Gasteiger partial charge in [0.15, 0.2) is 11.5 Å². The maximum Gasteiger partial charge on any atom is 0.317 e. The zero-order chi connectivity index (χ0) is 19.2. The Morgan fingerprint density at radius 3 is 2.41 bits per heavy atom. The summed E-state index contributed by atoms with van der Waals surface area (Å²) >= 11 is 0. The Labute approximate surface area is 160 Å². The molecule has 2 aromatic rings. The first-order valence-electron chi connectivity index (χ1n) is 9.12. The molecular formula is C21H27N3O3. The van der Waals surface area contributed by atoms with E-state index >= 15 is 0 Å². The Bertz CT molecular complexity index is 792. The monoisotopic (exact) mass is 369 g/mol. The number of nitrogens with zero attached hydrogens (tertiary/aromatic N) is 2. The molecule has 0 bridgehead atoms. The molecule has 0 aromatic heterocycles. The van der Waals surface area contributed by atoms with Gasteiger partial charge in [0.2, 0.25) is 0 Å². The van der Waals surface area contributed by atoms with Crippen molar-refractivity contribution in [1.82, 2.24) is 15.1 Å². The van der Waals surface area contributed by atoms with Crippen LogP contribution >= 0.6 is 0 Å². The fourth-order valence-electron chi connectivity index (χ4n) is 3.06. The predicted octanol–water partition coefficient (Wildman–Crippen LogP) is 2.86. The second-order valence-electron chi connectivity index (χ2n) is 7.00. The summed E-state index contributed by atoms with van der Waals surface area (Å²) in [5, 5.41) is 3.01. The van der Waals surface area contributed by atoms with Gasteiger partial charge in [-0.2, -0.15) is 0 Å². The summed E-state index contributed by atoms with van der Waals surface area (Å²) in [6.07, 6.45) is 0. The van der Waals surface area contributed by atoms with Crippen molar-refractivity contribution in [3.8, 4) is 11.5 Å². The first-order chi connectivity index (χ1) is 13.0. The van der Waals surface area contributed by atoms with Crippen molar-refractivity contribution in [3.05, 3.63) is 59.2 Å². The molecule has 0 saturated heterocycles. The molecule has 144 valence electrons. The lowest BCUT2D eigenvalue weighted by atomic mass is 10.1. The largest absolute Gasteiger partial charge is 0.486 e. The highest BCUT2D eigenvalue weighted by Crippen LogP contribution is 2.31. The second-order valence-corrected chi connectivity index (χ2v) is 7.00. The summed E-state index contributed by atoms with van der Waals surface area (Å²) in [5.74, 6) is 1.50. The first kappa shape index (κ1) is 19.0. The number of urea groups is 1. The Morgan fingerprint density at radius 2 is 1.67 bits per heavy atom. The van der Waals surface area contributed by atoms with Crippen LogP contribution in [-0.2, 0) is 19.6 Å². The van der Waals surface area contributed by atoms with E-state index in [1.54, 1.807) is 11.9 Å². The predicted molar refractivity (Wildman–Crippen MR) is 105 cm³/mol. The van der Waals surface area contributed by atoms with Crippen molar-refractivity contribution in [3.63, 3.8) is 0 Å². The summed E-state index contributed by atoms with van der Waals surface area (Å²) in [5.41, 5.74) is 3.36. The number of nitrogens with one attached hydrogen (secondary N) is 1. The van der Waals surface area contributed by atoms with Crippen molar-refractivity contribution in [2.45, 2.75) is 19.6 Å². The summed E-state index contributed by atoms with van der Waals surface area (Å²) in [6.45, 7) is 2.98. The van der Waals surface area contributed by atoms with Gasteiger partial charge in [-0.25, -0.2) is 4.79 Å². The number of hydrogen-bond acceptors (Lipinski definition) is 4. The highest BCUT2D eigenvalue weighted by Gasteiger charge is 2.14. The van der Waals surface area contributed by atoms with E-state index in [1.165, 1.54) is 5.56 Å². The van der Waals surface area contributed by atoms with Gasteiger partial charge in [0.25, 0.3) is 0 Å². The molecule has 1 aliphatic heterocycles. The minimum Gasteiger partial charge on any atom is -0.486 e. The highest BCUT2D eigenvalue weighted by atomic mass is 16.6. The van der Waals surface area contributed by atoms with Gasteiger partial charge < -0.3 is 24.6 Å². The number of rotatable bonds is 6. The van der Waals surface area contributed by atoms with Gasteiger partial charge in [-0.05, 0) is 42.9 Å². The van der Waals surface area contributed by atoms with Crippen molar-refractivity contribution >= 4 is 6.03 Å². The van der Waals surface area contributed by atoms with Crippen LogP contribution in [0.4, 0.5) is 4.79 Å². The maximum absolute atomic E-state index is 12.5. The molecular weight excluding hydrogens is 342 g/mol. The maximum atomic E-state index is 12.5. The van der Waals surface area contributed by atoms with Crippen LogP contribution in [0.1, 0.15) is 16.7 Å². The molecule has 0 radical (unpaired) electrons. The van der Waals surface area contributed by atoms with E-state index in [1.807, 2.05) is 44.4 Å². The van der Waals surface area contributed by atoms with Crippen LogP contribution in [0.2, 0.25) is 0 Å². The van der Waals surface area contributed by atoms with E-state index in [-0.39, 0.29) is 6.03 Å². The molecule has 2 aromatic carbocycles. The molecule has 0 aliphatic carbocycles. The smallest absolute Gasteiger partial charge is 0.317 e. The average Bonchev–Trinajstić information content (AvgIpc) is 2.66. The number of amides is 2. The van der Waals surface area contributed by atoms with Crippen molar-refractivity contribution in [1.29, 1.82) is 0 Å². The number of carbonyl (C=O) groups is 1. The first-order valence-corrected chi connectivity index (χ1v) is 9.12. The van der Waals surface area contributed by atoms with Crippen LogP contribution in [0, 0.1) is 0 Å². The normalized spacial score (nSPS) is 12.7. The molecule has 0 saturated carbocycles. The summed E-state index contributed by atoms with van der Waals surface area (Å²) in [6, 6.07) is 13.9. The SMILES string of the molecule is CN(C)Cc1ccccc1CNC(=O)N(C)Cc1ccc2c(c1)OCCO2. The summed E-state index contributed by atoms with van der Waals surface area (Å²) in [4.78, 5) is 16.3. The molecule has 0 unspecified atom stereocenters. The summed E-state index contributed by atoms with van der Waals surface area (Å²) in [7, 11) is 5.87. The molecule has 1 N–H and O–H groups in total. The number of ether oxygens (including phenoxy) is 2. The van der Waals surface area contributed by atoms with E-state index in [0.717, 1.165) is 29.2 Å². The molecule has 0 spiro atoms. The third-order valence-corrected chi connectivity index (χ3v) is 4.41. The number of fused-ring (bicyclic) bond motifs is 1. The van der Waals surface area contributed by atoms with Crippen LogP contribution in [0.3, 0.4) is 0 Å². The molecule has 0 atom stereocenters. The molecule has 6 nitrogen and oxygen atoms in total. The van der Waals surface area contributed by atoms with E-state index in [9.17, 15) is 4.79 Å². The fourth-order valence-corrected chi connectivity index (χ4v) is 3.06. The van der Waals surface area contributed by atoms with Gasteiger partial charge >= 0.3 is 6.03 Å². The molecule has 6 heteroatoms. The highest BCUT2D eigenvalue weighted by molar-refractivity contribution is 5.74. The minimum absolute atomic E-state index is 0.107. The Morgan fingerprint density at radius 1 is 0.963 bits per heavy atom. The van der Waals surface area contributed by atoms with Crippen molar-refractivity contribution < 1.29 is 14.3 Å². The second kappa shape index (κ2) is 8.77. The van der Waals surface area contributed by atoms with E-state index in [2.05, 4.69) is 22.3 Å². The van der Waals surface area contributed by atoms with Gasteiger partial charge in [-0.3, -0.25) is 0 Å².